The van der Waals surface area contributed by atoms with Gasteiger partial charge in [0.25, 0.3) is 0 Å². The van der Waals surface area contributed by atoms with Crippen LogP contribution in [0.5, 0.6) is 0 Å². The van der Waals surface area contributed by atoms with Gasteiger partial charge in [0.2, 0.25) is 0 Å². The third-order valence-corrected chi connectivity index (χ3v) is 3.65. The van der Waals surface area contributed by atoms with Crippen LogP contribution in [0.15, 0.2) is 25.3 Å². The zero-order valence-corrected chi connectivity index (χ0v) is 11.7. The zero-order chi connectivity index (χ0) is 14.3. The van der Waals surface area contributed by atoms with E-state index in [1.165, 1.54) is 12.2 Å². The molecule has 0 aliphatic heterocycles. The molecule has 0 aromatic rings. The van der Waals surface area contributed by atoms with Gasteiger partial charge in [-0.25, -0.2) is 0 Å². The van der Waals surface area contributed by atoms with Crippen molar-refractivity contribution < 1.29 is 19.1 Å². The maximum Gasteiger partial charge on any atom is 0.323 e. The van der Waals surface area contributed by atoms with E-state index < -0.39 is 17.4 Å². The quantitative estimate of drug-likeness (QED) is 0.326. The van der Waals surface area contributed by atoms with Gasteiger partial charge in [0.1, 0.15) is 13.2 Å². The van der Waals surface area contributed by atoms with Crippen molar-refractivity contribution in [2.45, 2.75) is 31.1 Å². The predicted molar refractivity (Wildman–Crippen MR) is 72.9 cm³/mol. The number of ether oxygens (including phenoxy) is 2. The molecule has 0 atom stereocenters. The van der Waals surface area contributed by atoms with Gasteiger partial charge in [-0.3, -0.25) is 9.59 Å². The number of hydrogen-bond donors (Lipinski definition) is 0. The Balaban J connectivity index is 2.83. The molecule has 0 heterocycles. The lowest BCUT2D eigenvalue weighted by Crippen LogP contribution is -2.45. The minimum absolute atomic E-state index is 0.00691. The first kappa shape index (κ1) is 15.8. The van der Waals surface area contributed by atoms with Crippen LogP contribution in [0, 0.1) is 5.41 Å². The Kier molecular flexibility index (Phi) is 6.09. The number of alkyl halides is 1. The van der Waals surface area contributed by atoms with E-state index in [-0.39, 0.29) is 18.6 Å². The fraction of sp³-hybridized carbons (Fsp3) is 0.571. The van der Waals surface area contributed by atoms with Crippen molar-refractivity contribution in [2.24, 2.45) is 5.41 Å². The molecule has 0 N–H and O–H groups in total. The standard InChI is InChI=1S/C14H19ClO4/c1-3-9-18-12(16)14(13(17)19-10-4-2)7-5-11(15)6-8-14/h3-4,11H,1-2,5-10H2. The fourth-order valence-corrected chi connectivity index (χ4v) is 2.33. The van der Waals surface area contributed by atoms with Crippen LogP contribution in [0.25, 0.3) is 0 Å². The van der Waals surface area contributed by atoms with Gasteiger partial charge in [-0.15, -0.1) is 11.6 Å². The van der Waals surface area contributed by atoms with Gasteiger partial charge in [0.05, 0.1) is 0 Å². The van der Waals surface area contributed by atoms with E-state index in [0.717, 1.165) is 0 Å². The molecule has 4 nitrogen and oxygen atoms in total. The lowest BCUT2D eigenvalue weighted by atomic mass is 9.74. The summed E-state index contributed by atoms with van der Waals surface area (Å²) < 4.78 is 10.1. The molecule has 1 aliphatic carbocycles. The third kappa shape index (κ3) is 3.83. The van der Waals surface area contributed by atoms with Crippen LogP contribution < -0.4 is 0 Å². The summed E-state index contributed by atoms with van der Waals surface area (Å²) in [5.74, 6) is -1.10. The molecule has 1 rings (SSSR count). The second kappa shape index (κ2) is 7.34. The molecule has 1 aliphatic rings. The van der Waals surface area contributed by atoms with Crippen molar-refractivity contribution in [1.82, 2.24) is 0 Å². The van der Waals surface area contributed by atoms with E-state index in [4.69, 9.17) is 21.1 Å². The Morgan fingerprint density at radius 3 is 1.89 bits per heavy atom. The molecular weight excluding hydrogens is 268 g/mol. The lowest BCUT2D eigenvalue weighted by molar-refractivity contribution is -0.173. The summed E-state index contributed by atoms with van der Waals surface area (Å²) in [6, 6.07) is 0. The van der Waals surface area contributed by atoms with Gasteiger partial charge in [0, 0.05) is 5.38 Å². The maximum atomic E-state index is 12.2. The summed E-state index contributed by atoms with van der Waals surface area (Å²) in [5.41, 5.74) is -1.22. The van der Waals surface area contributed by atoms with E-state index in [2.05, 4.69) is 13.2 Å². The van der Waals surface area contributed by atoms with Crippen molar-refractivity contribution in [3.63, 3.8) is 0 Å². The van der Waals surface area contributed by atoms with Gasteiger partial charge in [-0.1, -0.05) is 25.3 Å². The fourth-order valence-electron chi connectivity index (χ4n) is 2.11. The third-order valence-electron chi connectivity index (χ3n) is 3.21. The molecule has 0 saturated heterocycles. The molecular formula is C14H19ClO4. The molecule has 0 aromatic heterocycles. The second-order valence-electron chi connectivity index (χ2n) is 4.53. The molecule has 106 valence electrons. The Morgan fingerprint density at radius 1 is 1.11 bits per heavy atom. The minimum atomic E-state index is -1.22. The molecule has 5 heteroatoms. The normalized spacial score (nSPS) is 18.4. The molecule has 0 spiro atoms. The summed E-state index contributed by atoms with van der Waals surface area (Å²) in [4.78, 5) is 24.3. The molecule has 19 heavy (non-hydrogen) atoms. The maximum absolute atomic E-state index is 12.2. The number of carbonyl (C=O) groups is 2. The van der Waals surface area contributed by atoms with Crippen molar-refractivity contribution in [3.8, 4) is 0 Å². The van der Waals surface area contributed by atoms with Crippen molar-refractivity contribution in [1.29, 1.82) is 0 Å². The largest absolute Gasteiger partial charge is 0.461 e. The Hall–Kier alpha value is -1.29. The summed E-state index contributed by atoms with van der Waals surface area (Å²) in [7, 11) is 0. The summed E-state index contributed by atoms with van der Waals surface area (Å²) in [5, 5.41) is -0.00691. The van der Waals surface area contributed by atoms with E-state index in [0.29, 0.717) is 25.7 Å². The Bertz CT molecular complexity index is 330. The van der Waals surface area contributed by atoms with Crippen LogP contribution >= 0.6 is 11.6 Å². The predicted octanol–water partition coefficient (Wildman–Crippen LogP) is 2.61. The van der Waals surface area contributed by atoms with Gasteiger partial charge >= 0.3 is 11.9 Å². The van der Waals surface area contributed by atoms with E-state index in [9.17, 15) is 9.59 Å². The first-order chi connectivity index (χ1) is 9.06. The van der Waals surface area contributed by atoms with Gasteiger partial charge in [-0.2, -0.15) is 0 Å². The average molecular weight is 287 g/mol. The second-order valence-corrected chi connectivity index (χ2v) is 5.15. The van der Waals surface area contributed by atoms with E-state index in [1.54, 1.807) is 0 Å². The van der Waals surface area contributed by atoms with Crippen molar-refractivity contribution >= 4 is 23.5 Å². The van der Waals surface area contributed by atoms with Crippen LogP contribution in [0.3, 0.4) is 0 Å². The average Bonchev–Trinajstić information content (AvgIpc) is 2.43. The number of esters is 2. The minimum Gasteiger partial charge on any atom is -0.461 e. The molecule has 0 radical (unpaired) electrons. The Labute approximate surface area is 118 Å². The van der Waals surface area contributed by atoms with E-state index >= 15 is 0 Å². The molecule has 0 aromatic carbocycles. The topological polar surface area (TPSA) is 52.6 Å². The number of rotatable bonds is 6. The van der Waals surface area contributed by atoms with Gasteiger partial charge in [0.15, 0.2) is 5.41 Å². The number of hydrogen-bond acceptors (Lipinski definition) is 4. The van der Waals surface area contributed by atoms with E-state index in [1.807, 2.05) is 0 Å². The van der Waals surface area contributed by atoms with Crippen molar-refractivity contribution in [2.75, 3.05) is 13.2 Å². The van der Waals surface area contributed by atoms with Crippen LogP contribution in [0.4, 0.5) is 0 Å². The van der Waals surface area contributed by atoms with Gasteiger partial charge < -0.3 is 9.47 Å². The zero-order valence-electron chi connectivity index (χ0n) is 10.9. The summed E-state index contributed by atoms with van der Waals surface area (Å²) in [6.45, 7) is 7.12. The number of carbonyl (C=O) groups excluding carboxylic acids is 2. The van der Waals surface area contributed by atoms with Crippen LogP contribution in [0.1, 0.15) is 25.7 Å². The van der Waals surface area contributed by atoms with Crippen LogP contribution in [0.2, 0.25) is 0 Å². The first-order valence-electron chi connectivity index (χ1n) is 6.27. The summed E-state index contributed by atoms with van der Waals surface area (Å²) in [6.07, 6.45) is 4.82. The lowest BCUT2D eigenvalue weighted by Gasteiger charge is -2.34. The monoisotopic (exact) mass is 286 g/mol. The number of halogens is 1. The van der Waals surface area contributed by atoms with Crippen molar-refractivity contribution in [3.05, 3.63) is 25.3 Å². The molecule has 0 amide bonds. The summed E-state index contributed by atoms with van der Waals surface area (Å²) >= 11 is 6.03. The smallest absolute Gasteiger partial charge is 0.323 e. The molecule has 0 bridgehead atoms. The highest BCUT2D eigenvalue weighted by Crippen LogP contribution is 2.40. The molecule has 0 unspecified atom stereocenters. The highest BCUT2D eigenvalue weighted by molar-refractivity contribution is 6.20. The molecule has 1 saturated carbocycles. The van der Waals surface area contributed by atoms with Crippen LogP contribution in [-0.2, 0) is 19.1 Å². The Morgan fingerprint density at radius 2 is 1.53 bits per heavy atom. The first-order valence-corrected chi connectivity index (χ1v) is 6.71. The SMILES string of the molecule is C=CCOC(=O)C1(C(=O)OCC=C)CCC(Cl)CC1. The van der Waals surface area contributed by atoms with Gasteiger partial charge in [-0.05, 0) is 25.7 Å². The molecule has 1 fully saturated rings. The highest BCUT2D eigenvalue weighted by Gasteiger charge is 2.50. The highest BCUT2D eigenvalue weighted by atomic mass is 35.5. The van der Waals surface area contributed by atoms with Crippen LogP contribution in [-0.4, -0.2) is 30.5 Å².